The first-order valence-electron chi connectivity index (χ1n) is 3.86. The van der Waals surface area contributed by atoms with Crippen molar-refractivity contribution in [2.75, 3.05) is 0 Å². The Balaban J connectivity index is 3.28. The molecule has 12 heavy (non-hydrogen) atoms. The van der Waals surface area contributed by atoms with Gasteiger partial charge in [0.25, 0.3) is 0 Å². The van der Waals surface area contributed by atoms with E-state index in [4.69, 9.17) is 0 Å². The monoisotopic (exact) mass is 163 g/mol. The molecule has 1 heterocycles. The van der Waals surface area contributed by atoms with Crippen LogP contribution < -0.4 is 0 Å². The van der Waals surface area contributed by atoms with Gasteiger partial charge in [0, 0.05) is 6.72 Å². The minimum atomic E-state index is 0.836. The van der Waals surface area contributed by atoms with Gasteiger partial charge in [-0.15, -0.1) is 0 Å². The number of hydrogen-bond donors (Lipinski definition) is 0. The predicted molar refractivity (Wildman–Crippen MR) is 51.4 cm³/mol. The van der Waals surface area contributed by atoms with E-state index in [2.05, 4.69) is 16.8 Å². The summed E-state index contributed by atoms with van der Waals surface area (Å²) in [6.07, 6.45) is 3.84. The van der Waals surface area contributed by atoms with E-state index in [0.29, 0.717) is 0 Å². The van der Waals surface area contributed by atoms with Gasteiger partial charge in [-0.1, -0.05) is 6.08 Å². The molecule has 0 atom stereocenters. The highest BCUT2D eigenvalue weighted by molar-refractivity contribution is 5.43. The fraction of sp³-hybridized carbons (Fsp3) is 0.333. The minimum absolute atomic E-state index is 0.836. The van der Waals surface area contributed by atoms with Crippen LogP contribution >= 0.6 is 0 Å². The van der Waals surface area contributed by atoms with Gasteiger partial charge in [0.15, 0.2) is 5.82 Å². The number of hydrogen-bond acceptors (Lipinski definition) is 2. The van der Waals surface area contributed by atoms with Gasteiger partial charge in [-0.25, -0.2) is 9.66 Å². The van der Waals surface area contributed by atoms with Gasteiger partial charge in [0.2, 0.25) is 0 Å². The number of aromatic nitrogens is 2. The molecule has 0 spiro atoms. The van der Waals surface area contributed by atoms with Crippen molar-refractivity contribution in [2.45, 2.75) is 20.8 Å². The molecule has 0 N–H and O–H groups in total. The van der Waals surface area contributed by atoms with Crippen molar-refractivity contribution in [1.29, 1.82) is 0 Å². The summed E-state index contributed by atoms with van der Waals surface area (Å²) in [6.45, 7) is 9.38. The molecule has 3 nitrogen and oxygen atoms in total. The number of rotatable bonds is 2. The van der Waals surface area contributed by atoms with Crippen molar-refractivity contribution in [3.8, 4) is 0 Å². The average Bonchev–Trinajstić information content (AvgIpc) is 2.29. The quantitative estimate of drug-likeness (QED) is 0.613. The normalized spacial score (nSPS) is 10.9. The zero-order chi connectivity index (χ0) is 9.14. The second-order valence-corrected chi connectivity index (χ2v) is 2.59. The maximum atomic E-state index is 4.31. The molecule has 0 fully saturated rings. The van der Waals surface area contributed by atoms with Crippen molar-refractivity contribution in [3.63, 3.8) is 0 Å². The smallest absolute Gasteiger partial charge is 0.153 e. The summed E-state index contributed by atoms with van der Waals surface area (Å²) in [5, 5.41) is 3.86. The van der Waals surface area contributed by atoms with Gasteiger partial charge < -0.3 is 0 Å². The summed E-state index contributed by atoms with van der Waals surface area (Å²) < 4.78 is 1.73. The molecule has 0 aliphatic carbocycles. The summed E-state index contributed by atoms with van der Waals surface area (Å²) in [6, 6.07) is 0. The third-order valence-electron chi connectivity index (χ3n) is 1.80. The van der Waals surface area contributed by atoms with E-state index in [0.717, 1.165) is 17.2 Å². The first kappa shape index (κ1) is 8.71. The number of aryl methyl sites for hydroxylation is 1. The Kier molecular flexibility index (Phi) is 2.43. The molecule has 0 aliphatic rings. The fourth-order valence-electron chi connectivity index (χ4n) is 1.06. The molecule has 3 heteroatoms. The van der Waals surface area contributed by atoms with Gasteiger partial charge in [-0.05, 0) is 26.8 Å². The lowest BCUT2D eigenvalue weighted by Crippen LogP contribution is -1.93. The van der Waals surface area contributed by atoms with E-state index in [-0.39, 0.29) is 0 Å². The van der Waals surface area contributed by atoms with Gasteiger partial charge in [0.05, 0.1) is 11.4 Å². The lowest BCUT2D eigenvalue weighted by molar-refractivity contribution is 0.835. The van der Waals surface area contributed by atoms with Crippen LogP contribution in [-0.2, 0) is 0 Å². The van der Waals surface area contributed by atoms with Crippen molar-refractivity contribution in [3.05, 3.63) is 23.3 Å². The summed E-state index contributed by atoms with van der Waals surface area (Å²) in [4.78, 5) is 4.31. The molecule has 0 radical (unpaired) electrons. The zero-order valence-corrected chi connectivity index (χ0v) is 7.70. The molecule has 64 valence electrons. The van der Waals surface area contributed by atoms with Crippen LogP contribution in [0.25, 0.3) is 6.08 Å². The van der Waals surface area contributed by atoms with Crippen LogP contribution in [0.15, 0.2) is 11.2 Å². The second kappa shape index (κ2) is 3.34. The van der Waals surface area contributed by atoms with Crippen LogP contribution in [0.2, 0.25) is 0 Å². The molecule has 0 amide bonds. The molecule has 0 saturated carbocycles. The van der Waals surface area contributed by atoms with E-state index in [1.54, 1.807) is 4.68 Å². The largest absolute Gasteiger partial charge is 0.232 e. The Morgan fingerprint density at radius 1 is 1.50 bits per heavy atom. The average molecular weight is 163 g/mol. The van der Waals surface area contributed by atoms with Gasteiger partial charge in [0.1, 0.15) is 0 Å². The standard InChI is InChI=1S/C9H13N3/c1-5-6-9-11-7(2)8(3)12(9)10-4/h5-6H,4H2,1-3H3/b6-5-. The molecular formula is C9H13N3. The first-order chi connectivity index (χ1) is 5.70. The number of imidazole rings is 1. The van der Waals surface area contributed by atoms with E-state index in [9.17, 15) is 0 Å². The highest BCUT2D eigenvalue weighted by atomic mass is 15.4. The number of allylic oxidation sites excluding steroid dienone is 1. The Morgan fingerprint density at radius 3 is 2.67 bits per heavy atom. The molecule has 1 aromatic rings. The highest BCUT2D eigenvalue weighted by Gasteiger charge is 2.05. The van der Waals surface area contributed by atoms with Crippen LogP contribution in [0.4, 0.5) is 0 Å². The maximum Gasteiger partial charge on any atom is 0.153 e. The zero-order valence-electron chi connectivity index (χ0n) is 7.70. The molecule has 0 saturated heterocycles. The van der Waals surface area contributed by atoms with E-state index in [1.165, 1.54) is 0 Å². The summed E-state index contributed by atoms with van der Waals surface area (Å²) >= 11 is 0. The summed E-state index contributed by atoms with van der Waals surface area (Å²) in [7, 11) is 0. The minimum Gasteiger partial charge on any atom is -0.232 e. The van der Waals surface area contributed by atoms with Crippen LogP contribution in [0.1, 0.15) is 24.1 Å². The molecule has 0 bridgehead atoms. The summed E-state index contributed by atoms with van der Waals surface area (Å²) in [5.41, 5.74) is 2.04. The fourth-order valence-corrected chi connectivity index (χ4v) is 1.06. The van der Waals surface area contributed by atoms with E-state index in [1.807, 2.05) is 32.9 Å². The topological polar surface area (TPSA) is 30.2 Å². The number of nitrogens with zero attached hydrogens (tertiary/aromatic N) is 3. The Bertz CT molecular complexity index is 321. The SMILES string of the molecule is C=Nn1c(/C=C\C)nc(C)c1C. The molecule has 1 aromatic heterocycles. The van der Waals surface area contributed by atoms with Gasteiger partial charge in [-0.2, -0.15) is 5.10 Å². The van der Waals surface area contributed by atoms with Gasteiger partial charge in [-0.3, -0.25) is 0 Å². The highest BCUT2D eigenvalue weighted by Crippen LogP contribution is 2.10. The lowest BCUT2D eigenvalue weighted by atomic mass is 10.4. The maximum absolute atomic E-state index is 4.31. The van der Waals surface area contributed by atoms with E-state index < -0.39 is 0 Å². The molecule has 0 aromatic carbocycles. The molecule has 1 rings (SSSR count). The van der Waals surface area contributed by atoms with Crippen molar-refractivity contribution < 1.29 is 0 Å². The predicted octanol–water partition coefficient (Wildman–Crippen LogP) is 2.00. The van der Waals surface area contributed by atoms with Crippen LogP contribution in [0, 0.1) is 13.8 Å². The molecule has 0 unspecified atom stereocenters. The summed E-state index contributed by atoms with van der Waals surface area (Å²) in [5.74, 6) is 0.836. The second-order valence-electron chi connectivity index (χ2n) is 2.59. The Labute approximate surface area is 72.4 Å². The Hall–Kier alpha value is -1.38. The van der Waals surface area contributed by atoms with Crippen molar-refractivity contribution in [1.82, 2.24) is 9.66 Å². The Morgan fingerprint density at radius 2 is 2.17 bits per heavy atom. The van der Waals surface area contributed by atoms with Crippen LogP contribution in [-0.4, -0.2) is 16.4 Å². The van der Waals surface area contributed by atoms with E-state index >= 15 is 0 Å². The third-order valence-corrected chi connectivity index (χ3v) is 1.80. The lowest BCUT2D eigenvalue weighted by Gasteiger charge is -1.96. The van der Waals surface area contributed by atoms with Crippen LogP contribution in [0.5, 0.6) is 0 Å². The molecule has 0 aliphatic heterocycles. The first-order valence-corrected chi connectivity index (χ1v) is 3.86. The molecular weight excluding hydrogens is 150 g/mol. The van der Waals surface area contributed by atoms with Gasteiger partial charge >= 0.3 is 0 Å². The van der Waals surface area contributed by atoms with Crippen molar-refractivity contribution >= 4 is 12.8 Å². The third kappa shape index (κ3) is 1.30. The van der Waals surface area contributed by atoms with Crippen molar-refractivity contribution in [2.24, 2.45) is 5.10 Å². The van der Waals surface area contributed by atoms with Crippen LogP contribution in [0.3, 0.4) is 0 Å².